The highest BCUT2D eigenvalue weighted by Crippen LogP contribution is 2.30. The zero-order chi connectivity index (χ0) is 10.8. The first kappa shape index (κ1) is 9.95. The molecular weight excluding hydrogens is 194 g/mol. The van der Waals surface area contributed by atoms with Crippen molar-refractivity contribution in [3.05, 3.63) is 35.9 Å². The van der Waals surface area contributed by atoms with E-state index in [0.29, 0.717) is 0 Å². The van der Waals surface area contributed by atoms with Crippen LogP contribution in [0, 0.1) is 5.92 Å². The van der Waals surface area contributed by atoms with Crippen LogP contribution in [0.4, 0.5) is 5.69 Å². The van der Waals surface area contributed by atoms with Gasteiger partial charge in [-0.05, 0) is 30.4 Å². The number of hydrogen-bond acceptors (Lipinski definition) is 1. The van der Waals surface area contributed by atoms with Crippen molar-refractivity contribution in [3.63, 3.8) is 0 Å². The molecule has 1 aromatic carbocycles. The Balaban J connectivity index is 1.78. The van der Waals surface area contributed by atoms with Gasteiger partial charge in [0.1, 0.15) is 0 Å². The van der Waals surface area contributed by atoms with Gasteiger partial charge < -0.3 is 4.90 Å². The van der Waals surface area contributed by atoms with Crippen molar-refractivity contribution >= 4 is 11.8 Å². The fraction of sp³-hybridized carbons (Fsp3) is 0.467. The molecule has 0 spiro atoms. The highest BCUT2D eigenvalue weighted by Gasteiger charge is 2.20. The smallest absolute Gasteiger partial charge is 0.0442 e. The van der Waals surface area contributed by atoms with Gasteiger partial charge in [0.25, 0.3) is 0 Å². The van der Waals surface area contributed by atoms with Gasteiger partial charge in [-0.15, -0.1) is 0 Å². The topological polar surface area (TPSA) is 3.24 Å². The highest BCUT2D eigenvalue weighted by atomic mass is 15.1. The predicted octanol–water partition coefficient (Wildman–Crippen LogP) is 3.71. The summed E-state index contributed by atoms with van der Waals surface area (Å²) in [6.45, 7) is 2.34. The predicted molar refractivity (Wildman–Crippen MR) is 69.6 cm³/mol. The molecule has 1 saturated carbocycles. The van der Waals surface area contributed by atoms with Crippen molar-refractivity contribution in [1.29, 1.82) is 0 Å². The molecule has 0 bridgehead atoms. The standard InChI is InChI=1S/C15H19N/c1-2-7-13(6-1)12-16-11-5-9-14-8-3-4-10-15(14)16/h3-5,8-10,13H,1-2,6-7,11-12H2. The van der Waals surface area contributed by atoms with Gasteiger partial charge in [0.15, 0.2) is 0 Å². The molecule has 1 heterocycles. The third kappa shape index (κ3) is 1.87. The summed E-state index contributed by atoms with van der Waals surface area (Å²) >= 11 is 0. The van der Waals surface area contributed by atoms with Crippen LogP contribution in [-0.2, 0) is 0 Å². The van der Waals surface area contributed by atoms with E-state index in [1.54, 1.807) is 0 Å². The number of nitrogens with zero attached hydrogens (tertiary/aromatic N) is 1. The van der Waals surface area contributed by atoms with Gasteiger partial charge in [-0.3, -0.25) is 0 Å². The molecule has 1 nitrogen and oxygen atoms in total. The third-order valence-corrected chi connectivity index (χ3v) is 3.85. The number of rotatable bonds is 2. The quantitative estimate of drug-likeness (QED) is 0.724. The van der Waals surface area contributed by atoms with E-state index in [4.69, 9.17) is 0 Å². The van der Waals surface area contributed by atoms with Crippen molar-refractivity contribution in [2.24, 2.45) is 5.92 Å². The van der Waals surface area contributed by atoms with Crippen LogP contribution in [0.2, 0.25) is 0 Å². The normalized spacial score (nSPS) is 20.1. The number of hydrogen-bond donors (Lipinski definition) is 0. The Hall–Kier alpha value is -1.24. The molecule has 0 N–H and O–H groups in total. The second-order valence-electron chi connectivity index (χ2n) is 5.02. The average Bonchev–Trinajstić information content (AvgIpc) is 2.82. The lowest BCUT2D eigenvalue weighted by Gasteiger charge is -2.30. The maximum Gasteiger partial charge on any atom is 0.0442 e. The van der Waals surface area contributed by atoms with Crippen LogP contribution < -0.4 is 4.90 Å². The van der Waals surface area contributed by atoms with E-state index >= 15 is 0 Å². The fourth-order valence-corrected chi connectivity index (χ4v) is 3.00. The van der Waals surface area contributed by atoms with E-state index in [1.165, 1.54) is 43.5 Å². The fourth-order valence-electron chi connectivity index (χ4n) is 3.00. The Morgan fingerprint density at radius 3 is 2.81 bits per heavy atom. The summed E-state index contributed by atoms with van der Waals surface area (Å²) in [5.41, 5.74) is 2.81. The maximum atomic E-state index is 2.55. The van der Waals surface area contributed by atoms with Gasteiger partial charge in [0.05, 0.1) is 0 Å². The van der Waals surface area contributed by atoms with E-state index in [-0.39, 0.29) is 0 Å². The average molecular weight is 213 g/mol. The Bertz CT molecular complexity index is 388. The van der Waals surface area contributed by atoms with E-state index in [1.807, 2.05) is 0 Å². The molecule has 84 valence electrons. The molecule has 0 aromatic heterocycles. The van der Waals surface area contributed by atoms with Gasteiger partial charge >= 0.3 is 0 Å². The maximum absolute atomic E-state index is 2.55. The summed E-state index contributed by atoms with van der Waals surface area (Å²) in [6.07, 6.45) is 10.3. The van der Waals surface area contributed by atoms with E-state index in [0.717, 1.165) is 12.5 Å². The van der Waals surface area contributed by atoms with Crippen LogP contribution in [0.3, 0.4) is 0 Å². The molecule has 2 aliphatic rings. The van der Waals surface area contributed by atoms with Crippen LogP contribution in [0.15, 0.2) is 30.3 Å². The zero-order valence-corrected chi connectivity index (χ0v) is 9.73. The summed E-state index contributed by atoms with van der Waals surface area (Å²) in [4.78, 5) is 2.55. The van der Waals surface area contributed by atoms with Crippen LogP contribution >= 0.6 is 0 Å². The van der Waals surface area contributed by atoms with Crippen molar-refractivity contribution in [2.45, 2.75) is 25.7 Å². The third-order valence-electron chi connectivity index (χ3n) is 3.85. The van der Waals surface area contributed by atoms with Gasteiger partial charge in [-0.25, -0.2) is 0 Å². The number of anilines is 1. The van der Waals surface area contributed by atoms with Crippen LogP contribution in [0.25, 0.3) is 6.08 Å². The monoisotopic (exact) mass is 213 g/mol. The minimum atomic E-state index is 0.930. The van der Waals surface area contributed by atoms with E-state index in [2.05, 4.69) is 41.3 Å². The minimum Gasteiger partial charge on any atom is -0.367 e. The summed E-state index contributed by atoms with van der Waals surface area (Å²) in [5, 5.41) is 0. The highest BCUT2D eigenvalue weighted by molar-refractivity contribution is 5.71. The number of benzene rings is 1. The van der Waals surface area contributed by atoms with Crippen molar-refractivity contribution in [3.8, 4) is 0 Å². The first-order valence-corrected chi connectivity index (χ1v) is 6.44. The second kappa shape index (κ2) is 4.32. The van der Waals surface area contributed by atoms with Gasteiger partial charge in [0, 0.05) is 18.8 Å². The molecule has 1 heteroatoms. The van der Waals surface area contributed by atoms with Crippen molar-refractivity contribution in [2.75, 3.05) is 18.0 Å². The lowest BCUT2D eigenvalue weighted by atomic mass is 10.0. The minimum absolute atomic E-state index is 0.930. The SMILES string of the molecule is C1=Cc2ccccc2N(CC2CCCC2)C1. The lowest BCUT2D eigenvalue weighted by Crippen LogP contribution is -2.30. The Morgan fingerprint density at radius 2 is 1.94 bits per heavy atom. The molecule has 0 atom stereocenters. The van der Waals surface area contributed by atoms with Crippen molar-refractivity contribution < 1.29 is 0 Å². The van der Waals surface area contributed by atoms with Crippen LogP contribution in [0.1, 0.15) is 31.2 Å². The largest absolute Gasteiger partial charge is 0.367 e. The molecule has 16 heavy (non-hydrogen) atoms. The van der Waals surface area contributed by atoms with Gasteiger partial charge in [0.2, 0.25) is 0 Å². The second-order valence-corrected chi connectivity index (χ2v) is 5.02. The molecule has 3 rings (SSSR count). The molecule has 0 amide bonds. The van der Waals surface area contributed by atoms with Crippen LogP contribution in [-0.4, -0.2) is 13.1 Å². The molecule has 0 saturated heterocycles. The lowest BCUT2D eigenvalue weighted by molar-refractivity contribution is 0.539. The van der Waals surface area contributed by atoms with E-state index in [9.17, 15) is 0 Å². The van der Waals surface area contributed by atoms with Crippen LogP contribution in [0.5, 0.6) is 0 Å². The Labute approximate surface area is 97.8 Å². The number of para-hydroxylation sites is 1. The summed E-state index contributed by atoms with van der Waals surface area (Å²) < 4.78 is 0. The summed E-state index contributed by atoms with van der Waals surface area (Å²) in [7, 11) is 0. The molecule has 1 aliphatic heterocycles. The summed E-state index contributed by atoms with van der Waals surface area (Å²) in [6, 6.07) is 8.75. The van der Waals surface area contributed by atoms with Gasteiger partial charge in [-0.1, -0.05) is 43.2 Å². The Kier molecular flexibility index (Phi) is 2.69. The molecule has 0 radical (unpaired) electrons. The summed E-state index contributed by atoms with van der Waals surface area (Å²) in [5.74, 6) is 0.930. The molecule has 1 aromatic rings. The van der Waals surface area contributed by atoms with E-state index < -0.39 is 0 Å². The molecule has 0 unspecified atom stereocenters. The molecule has 1 aliphatic carbocycles. The molecule has 1 fully saturated rings. The first-order chi connectivity index (χ1) is 7.93. The molecular formula is C15H19N. The first-order valence-electron chi connectivity index (χ1n) is 6.44. The Morgan fingerprint density at radius 1 is 1.12 bits per heavy atom. The zero-order valence-electron chi connectivity index (χ0n) is 9.73. The van der Waals surface area contributed by atoms with Gasteiger partial charge in [-0.2, -0.15) is 0 Å². The van der Waals surface area contributed by atoms with Crippen molar-refractivity contribution in [1.82, 2.24) is 0 Å². The number of fused-ring (bicyclic) bond motifs is 1.